The van der Waals surface area contributed by atoms with Crippen LogP contribution >= 0.6 is 23.2 Å². The summed E-state index contributed by atoms with van der Waals surface area (Å²) in [6.07, 6.45) is 3.58. The maximum absolute atomic E-state index is 11.9. The van der Waals surface area contributed by atoms with Gasteiger partial charge in [0, 0.05) is 41.8 Å². The van der Waals surface area contributed by atoms with Gasteiger partial charge in [0.05, 0.1) is 0 Å². The number of anilines is 1. The molecule has 1 aromatic heterocycles. The number of carbonyl (C=O) groups is 1. The zero-order valence-corrected chi connectivity index (χ0v) is 16.0. The Morgan fingerprint density at radius 1 is 1.12 bits per heavy atom. The van der Waals surface area contributed by atoms with Crippen molar-refractivity contribution < 1.29 is 4.79 Å². The van der Waals surface area contributed by atoms with Crippen LogP contribution in [-0.4, -0.2) is 30.6 Å². The highest BCUT2D eigenvalue weighted by molar-refractivity contribution is 6.35. The molecule has 7 heteroatoms. The molecule has 0 aliphatic carbocycles. The number of hydrogen-bond donors (Lipinski definition) is 3. The molecule has 3 N–H and O–H groups in total. The number of amides is 2. The number of nitrogens with one attached hydrogen (secondary N) is 3. The van der Waals surface area contributed by atoms with Crippen molar-refractivity contribution in [3.8, 4) is 0 Å². The van der Waals surface area contributed by atoms with E-state index in [1.54, 1.807) is 12.1 Å². The van der Waals surface area contributed by atoms with Gasteiger partial charge < -0.3 is 16.0 Å². The van der Waals surface area contributed by atoms with Gasteiger partial charge in [0.15, 0.2) is 0 Å². The van der Waals surface area contributed by atoms with Crippen LogP contribution in [0.5, 0.6) is 0 Å². The summed E-state index contributed by atoms with van der Waals surface area (Å²) in [6.45, 7) is 2.02. The van der Waals surface area contributed by atoms with Gasteiger partial charge in [0.1, 0.15) is 5.82 Å². The van der Waals surface area contributed by atoms with E-state index in [9.17, 15) is 4.79 Å². The molecule has 1 aliphatic rings. The molecule has 0 unspecified atom stereocenters. The zero-order valence-electron chi connectivity index (χ0n) is 14.4. The van der Waals surface area contributed by atoms with Gasteiger partial charge in [-0.3, -0.25) is 0 Å². The van der Waals surface area contributed by atoms with Gasteiger partial charge in [-0.05, 0) is 48.6 Å². The molecule has 0 radical (unpaired) electrons. The molecule has 0 atom stereocenters. The Morgan fingerprint density at radius 3 is 2.73 bits per heavy atom. The van der Waals surface area contributed by atoms with Crippen LogP contribution in [0.15, 0.2) is 30.3 Å². The van der Waals surface area contributed by atoms with E-state index in [0.717, 1.165) is 36.5 Å². The molecule has 2 amide bonds. The lowest BCUT2D eigenvalue weighted by Crippen LogP contribution is -2.37. The summed E-state index contributed by atoms with van der Waals surface area (Å²) in [5.41, 5.74) is 3.21. The fraction of sp³-hybridized carbons (Fsp3) is 0.368. The molecule has 26 heavy (non-hydrogen) atoms. The Balaban J connectivity index is 1.37. The number of pyridine rings is 1. The minimum atomic E-state index is -0.189. The molecule has 2 aromatic rings. The molecular weight excluding hydrogens is 371 g/mol. The molecule has 5 nitrogen and oxygen atoms in total. The van der Waals surface area contributed by atoms with E-state index in [1.165, 1.54) is 5.56 Å². The maximum atomic E-state index is 11.9. The Morgan fingerprint density at radius 2 is 1.92 bits per heavy atom. The van der Waals surface area contributed by atoms with E-state index in [2.05, 4.69) is 27.0 Å². The standard InChI is InChI=1S/C19H22Cl2N4O/c20-15-5-3-13(17(21)12-15)7-10-23-19(26)24-11-8-16-6-4-14-2-1-9-22-18(14)25-16/h3-6,12H,1-2,7-11H2,(H,22,25)(H2,23,24,26). The van der Waals surface area contributed by atoms with Crippen molar-refractivity contribution in [2.75, 3.05) is 25.0 Å². The quantitative estimate of drug-likeness (QED) is 0.699. The summed E-state index contributed by atoms with van der Waals surface area (Å²) in [7, 11) is 0. The van der Waals surface area contributed by atoms with Gasteiger partial charge in [0.2, 0.25) is 0 Å². The smallest absolute Gasteiger partial charge is 0.314 e. The SMILES string of the molecule is O=C(NCCc1ccc2c(n1)NCCC2)NCCc1ccc(Cl)cc1Cl. The molecule has 1 aliphatic heterocycles. The zero-order chi connectivity index (χ0) is 18.4. The first kappa shape index (κ1) is 18.8. The first-order valence-electron chi connectivity index (χ1n) is 8.80. The van der Waals surface area contributed by atoms with E-state index >= 15 is 0 Å². The van der Waals surface area contributed by atoms with Gasteiger partial charge >= 0.3 is 6.03 Å². The van der Waals surface area contributed by atoms with Crippen molar-refractivity contribution in [1.29, 1.82) is 0 Å². The van der Waals surface area contributed by atoms with Crippen molar-refractivity contribution in [2.45, 2.75) is 25.7 Å². The average Bonchev–Trinajstić information content (AvgIpc) is 2.63. The van der Waals surface area contributed by atoms with E-state index in [1.807, 2.05) is 12.1 Å². The molecule has 138 valence electrons. The summed E-state index contributed by atoms with van der Waals surface area (Å²) in [5, 5.41) is 10.2. The third-order valence-electron chi connectivity index (χ3n) is 4.31. The monoisotopic (exact) mass is 392 g/mol. The second-order valence-electron chi connectivity index (χ2n) is 6.26. The van der Waals surface area contributed by atoms with E-state index in [-0.39, 0.29) is 6.03 Å². The van der Waals surface area contributed by atoms with Crippen LogP contribution in [0.3, 0.4) is 0 Å². The third-order valence-corrected chi connectivity index (χ3v) is 4.90. The van der Waals surface area contributed by atoms with E-state index in [4.69, 9.17) is 23.2 Å². The summed E-state index contributed by atoms with van der Waals surface area (Å²) < 4.78 is 0. The number of rotatable bonds is 6. The normalized spacial score (nSPS) is 12.8. The summed E-state index contributed by atoms with van der Waals surface area (Å²) >= 11 is 12.0. The van der Waals surface area contributed by atoms with Crippen LogP contribution < -0.4 is 16.0 Å². The number of aromatic nitrogens is 1. The van der Waals surface area contributed by atoms with Crippen LogP contribution in [0.2, 0.25) is 10.0 Å². The van der Waals surface area contributed by atoms with Gasteiger partial charge in [-0.25, -0.2) is 9.78 Å². The van der Waals surface area contributed by atoms with Crippen molar-refractivity contribution in [3.63, 3.8) is 0 Å². The summed E-state index contributed by atoms with van der Waals surface area (Å²) in [4.78, 5) is 16.5. The molecule has 2 heterocycles. The van der Waals surface area contributed by atoms with Crippen molar-refractivity contribution in [1.82, 2.24) is 15.6 Å². The van der Waals surface area contributed by atoms with Gasteiger partial charge in [-0.2, -0.15) is 0 Å². The minimum absolute atomic E-state index is 0.189. The molecule has 1 aromatic carbocycles. The topological polar surface area (TPSA) is 66.0 Å². The number of carbonyl (C=O) groups excluding carboxylic acids is 1. The molecule has 0 bridgehead atoms. The lowest BCUT2D eigenvalue weighted by Gasteiger charge is -2.17. The highest BCUT2D eigenvalue weighted by Gasteiger charge is 2.10. The number of urea groups is 1. The molecule has 0 fully saturated rings. The second kappa shape index (κ2) is 9.10. The van der Waals surface area contributed by atoms with Crippen LogP contribution in [-0.2, 0) is 19.3 Å². The predicted octanol–water partition coefficient (Wildman–Crippen LogP) is 3.83. The van der Waals surface area contributed by atoms with E-state index < -0.39 is 0 Å². The number of benzene rings is 1. The Bertz CT molecular complexity index is 782. The molecule has 0 saturated heterocycles. The number of halogens is 2. The van der Waals surface area contributed by atoms with Crippen molar-refractivity contribution in [3.05, 3.63) is 57.2 Å². The number of fused-ring (bicyclic) bond motifs is 1. The predicted molar refractivity (Wildman–Crippen MR) is 106 cm³/mol. The van der Waals surface area contributed by atoms with Gasteiger partial charge in [0.25, 0.3) is 0 Å². The van der Waals surface area contributed by atoms with Crippen molar-refractivity contribution in [2.24, 2.45) is 0 Å². The molecule has 3 rings (SSSR count). The van der Waals surface area contributed by atoms with Gasteiger partial charge in [-0.1, -0.05) is 35.3 Å². The number of hydrogen-bond acceptors (Lipinski definition) is 3. The third kappa shape index (κ3) is 5.26. The van der Waals surface area contributed by atoms with Crippen LogP contribution in [0.4, 0.5) is 10.6 Å². The second-order valence-corrected chi connectivity index (χ2v) is 7.10. The summed E-state index contributed by atoms with van der Waals surface area (Å²) in [6, 6.07) is 9.35. The fourth-order valence-electron chi connectivity index (χ4n) is 2.91. The molecular formula is C19H22Cl2N4O. The molecule has 0 saturated carbocycles. The van der Waals surface area contributed by atoms with Crippen LogP contribution in [0.1, 0.15) is 23.2 Å². The lowest BCUT2D eigenvalue weighted by molar-refractivity contribution is 0.241. The van der Waals surface area contributed by atoms with Crippen LogP contribution in [0, 0.1) is 0 Å². The number of nitrogens with zero attached hydrogens (tertiary/aromatic N) is 1. The highest BCUT2D eigenvalue weighted by Crippen LogP contribution is 2.21. The first-order valence-corrected chi connectivity index (χ1v) is 9.56. The van der Waals surface area contributed by atoms with Crippen LogP contribution in [0.25, 0.3) is 0 Å². The fourth-order valence-corrected chi connectivity index (χ4v) is 3.41. The van der Waals surface area contributed by atoms with Gasteiger partial charge in [-0.15, -0.1) is 0 Å². The lowest BCUT2D eigenvalue weighted by atomic mass is 10.1. The first-order chi connectivity index (χ1) is 12.6. The van der Waals surface area contributed by atoms with Crippen molar-refractivity contribution >= 4 is 35.1 Å². The Kier molecular flexibility index (Phi) is 6.58. The summed E-state index contributed by atoms with van der Waals surface area (Å²) in [5.74, 6) is 0.984. The molecule has 0 spiro atoms. The number of aryl methyl sites for hydroxylation is 1. The van der Waals surface area contributed by atoms with E-state index in [0.29, 0.717) is 36.0 Å². The average molecular weight is 393 g/mol. The Labute approximate surface area is 163 Å². The highest BCUT2D eigenvalue weighted by atomic mass is 35.5. The Hall–Kier alpha value is -1.98. The maximum Gasteiger partial charge on any atom is 0.314 e. The largest absolute Gasteiger partial charge is 0.370 e. The minimum Gasteiger partial charge on any atom is -0.370 e.